The fraction of sp³-hybridized carbons (Fsp3) is 0.130. The van der Waals surface area contributed by atoms with Gasteiger partial charge in [-0.2, -0.15) is 0 Å². The molecule has 6 nitrogen and oxygen atoms in total. The van der Waals surface area contributed by atoms with Crippen LogP contribution in [-0.2, 0) is 9.53 Å². The van der Waals surface area contributed by atoms with Gasteiger partial charge in [-0.25, -0.2) is 9.18 Å². The van der Waals surface area contributed by atoms with E-state index in [0.29, 0.717) is 17.0 Å². The number of hydrogen-bond donors (Lipinski definition) is 1. The molecule has 0 fully saturated rings. The summed E-state index contributed by atoms with van der Waals surface area (Å²) in [6.07, 6.45) is -1.24. The van der Waals surface area contributed by atoms with Crippen LogP contribution in [0.5, 0.6) is 11.5 Å². The van der Waals surface area contributed by atoms with E-state index in [2.05, 4.69) is 5.32 Å². The Morgan fingerprint density at radius 3 is 2.23 bits per heavy atom. The lowest BCUT2D eigenvalue weighted by Gasteiger charge is -2.19. The highest BCUT2D eigenvalue weighted by atomic mass is 19.1. The van der Waals surface area contributed by atoms with Crippen molar-refractivity contribution in [3.63, 3.8) is 0 Å². The third-order valence-electron chi connectivity index (χ3n) is 4.30. The van der Waals surface area contributed by atoms with Gasteiger partial charge in [0.25, 0.3) is 5.91 Å². The molecule has 7 heteroatoms. The smallest absolute Gasteiger partial charge is 0.343 e. The van der Waals surface area contributed by atoms with Crippen LogP contribution in [0.25, 0.3) is 0 Å². The maximum absolute atomic E-state index is 13.1. The number of anilines is 1. The number of benzene rings is 3. The van der Waals surface area contributed by atoms with E-state index in [9.17, 15) is 14.0 Å². The molecule has 30 heavy (non-hydrogen) atoms. The highest BCUT2D eigenvalue weighted by molar-refractivity contribution is 5.99. The molecule has 0 spiro atoms. The molecule has 1 N–H and O–H groups in total. The molecule has 0 saturated carbocycles. The van der Waals surface area contributed by atoms with Crippen molar-refractivity contribution in [3.05, 3.63) is 89.7 Å². The van der Waals surface area contributed by atoms with Crippen LogP contribution in [0.3, 0.4) is 0 Å². The minimum absolute atomic E-state index is 0.118. The van der Waals surface area contributed by atoms with E-state index < -0.39 is 23.8 Å². The van der Waals surface area contributed by atoms with Gasteiger partial charge in [-0.1, -0.05) is 30.3 Å². The molecular formula is C23H20FNO5. The second-order valence-corrected chi connectivity index (χ2v) is 6.26. The van der Waals surface area contributed by atoms with Gasteiger partial charge in [0.2, 0.25) is 6.10 Å². The molecule has 0 heterocycles. The Kier molecular flexibility index (Phi) is 6.64. The second-order valence-electron chi connectivity index (χ2n) is 6.26. The molecule has 3 rings (SSSR count). The normalized spacial score (nSPS) is 11.3. The first-order valence-corrected chi connectivity index (χ1v) is 9.06. The van der Waals surface area contributed by atoms with Crippen LogP contribution in [0, 0.1) is 5.82 Å². The zero-order chi connectivity index (χ0) is 21.5. The van der Waals surface area contributed by atoms with Gasteiger partial charge >= 0.3 is 5.97 Å². The Morgan fingerprint density at radius 2 is 1.60 bits per heavy atom. The first-order chi connectivity index (χ1) is 14.5. The number of amides is 1. The molecule has 0 bridgehead atoms. The van der Waals surface area contributed by atoms with Crippen molar-refractivity contribution in [3.8, 4) is 11.5 Å². The quantitative estimate of drug-likeness (QED) is 0.586. The van der Waals surface area contributed by atoms with Crippen LogP contribution in [-0.4, -0.2) is 26.1 Å². The number of ether oxygens (including phenoxy) is 3. The van der Waals surface area contributed by atoms with Crippen molar-refractivity contribution in [2.75, 3.05) is 19.5 Å². The van der Waals surface area contributed by atoms with E-state index in [1.165, 1.54) is 44.6 Å². The summed E-state index contributed by atoms with van der Waals surface area (Å²) in [4.78, 5) is 25.8. The summed E-state index contributed by atoms with van der Waals surface area (Å²) in [5, 5.41) is 2.64. The molecule has 0 aliphatic rings. The largest absolute Gasteiger partial charge is 0.497 e. The maximum Gasteiger partial charge on any atom is 0.343 e. The first-order valence-electron chi connectivity index (χ1n) is 9.06. The van der Waals surface area contributed by atoms with Crippen molar-refractivity contribution < 1.29 is 28.2 Å². The summed E-state index contributed by atoms with van der Waals surface area (Å²) in [7, 11) is 2.90. The van der Waals surface area contributed by atoms with E-state index in [-0.39, 0.29) is 11.3 Å². The van der Waals surface area contributed by atoms with E-state index >= 15 is 0 Å². The predicted octanol–water partition coefficient (Wildman–Crippen LogP) is 4.38. The lowest BCUT2D eigenvalue weighted by Crippen LogP contribution is -2.26. The Balaban J connectivity index is 1.89. The van der Waals surface area contributed by atoms with E-state index in [1.54, 1.807) is 42.5 Å². The van der Waals surface area contributed by atoms with Gasteiger partial charge in [0.15, 0.2) is 0 Å². The number of nitrogens with one attached hydrogen (secondary N) is 1. The molecule has 0 aliphatic heterocycles. The molecule has 0 saturated heterocycles. The van der Waals surface area contributed by atoms with Crippen molar-refractivity contribution in [2.45, 2.75) is 6.10 Å². The predicted molar refractivity (Wildman–Crippen MR) is 109 cm³/mol. The zero-order valence-electron chi connectivity index (χ0n) is 16.4. The summed E-state index contributed by atoms with van der Waals surface area (Å²) in [5.41, 5.74) is 0.969. The molecule has 0 radical (unpaired) electrons. The minimum atomic E-state index is -1.24. The summed E-state index contributed by atoms with van der Waals surface area (Å²) in [6, 6.07) is 18.6. The molecular weight excluding hydrogens is 389 g/mol. The molecule has 1 atom stereocenters. The van der Waals surface area contributed by atoms with Crippen molar-refractivity contribution in [1.29, 1.82) is 0 Å². The number of carbonyl (C=O) groups is 2. The van der Waals surface area contributed by atoms with Gasteiger partial charge in [-0.3, -0.25) is 4.79 Å². The maximum atomic E-state index is 13.1. The lowest BCUT2D eigenvalue weighted by atomic mass is 10.1. The third kappa shape index (κ3) is 4.94. The van der Waals surface area contributed by atoms with Gasteiger partial charge < -0.3 is 19.5 Å². The Hall–Kier alpha value is -3.87. The van der Waals surface area contributed by atoms with Gasteiger partial charge in [0.05, 0.1) is 14.2 Å². The Labute approximate surface area is 173 Å². The van der Waals surface area contributed by atoms with Gasteiger partial charge in [-0.15, -0.1) is 0 Å². The van der Waals surface area contributed by atoms with Crippen LogP contribution < -0.4 is 14.8 Å². The summed E-state index contributed by atoms with van der Waals surface area (Å²) in [6.45, 7) is 0. The fourth-order valence-corrected chi connectivity index (χ4v) is 2.79. The molecule has 154 valence electrons. The molecule has 0 aliphatic carbocycles. The average molecular weight is 409 g/mol. The number of carbonyl (C=O) groups excluding carboxylic acids is 2. The lowest BCUT2D eigenvalue weighted by molar-refractivity contribution is -0.125. The summed E-state index contributed by atoms with van der Waals surface area (Å²) >= 11 is 0. The van der Waals surface area contributed by atoms with Crippen LogP contribution >= 0.6 is 0 Å². The minimum Gasteiger partial charge on any atom is -0.497 e. The van der Waals surface area contributed by atoms with Crippen LogP contribution in [0.2, 0.25) is 0 Å². The number of halogens is 1. The Bertz CT molecular complexity index is 1020. The first kappa shape index (κ1) is 20.9. The van der Waals surface area contributed by atoms with E-state index in [0.717, 1.165) is 0 Å². The monoisotopic (exact) mass is 409 g/mol. The van der Waals surface area contributed by atoms with Crippen LogP contribution in [0.15, 0.2) is 72.8 Å². The highest BCUT2D eigenvalue weighted by Crippen LogP contribution is 2.28. The van der Waals surface area contributed by atoms with E-state index in [1.807, 2.05) is 0 Å². The van der Waals surface area contributed by atoms with Crippen LogP contribution in [0.4, 0.5) is 10.1 Å². The van der Waals surface area contributed by atoms with Crippen molar-refractivity contribution in [2.24, 2.45) is 0 Å². The van der Waals surface area contributed by atoms with Gasteiger partial charge in [0.1, 0.15) is 22.9 Å². The average Bonchev–Trinajstić information content (AvgIpc) is 2.78. The second kappa shape index (κ2) is 9.56. The SMILES string of the molecule is COc1ccc(OC)c(C(=O)O[C@@H](C(=O)Nc2ccc(F)cc2)c2ccccc2)c1. The fourth-order valence-electron chi connectivity index (χ4n) is 2.79. The topological polar surface area (TPSA) is 73.9 Å². The van der Waals surface area contributed by atoms with Gasteiger partial charge in [-0.05, 0) is 42.5 Å². The number of rotatable bonds is 7. The number of methoxy groups -OCH3 is 2. The molecule has 0 unspecified atom stereocenters. The third-order valence-corrected chi connectivity index (χ3v) is 4.30. The Morgan fingerprint density at radius 1 is 0.900 bits per heavy atom. The van der Waals surface area contributed by atoms with E-state index in [4.69, 9.17) is 14.2 Å². The zero-order valence-corrected chi connectivity index (χ0v) is 16.4. The summed E-state index contributed by atoms with van der Waals surface area (Å²) in [5.74, 6) is -1.04. The van der Waals surface area contributed by atoms with Crippen molar-refractivity contribution >= 4 is 17.6 Å². The van der Waals surface area contributed by atoms with Gasteiger partial charge in [0, 0.05) is 11.3 Å². The molecule has 3 aromatic carbocycles. The number of esters is 1. The van der Waals surface area contributed by atoms with Crippen molar-refractivity contribution in [1.82, 2.24) is 0 Å². The van der Waals surface area contributed by atoms with Crippen LogP contribution in [0.1, 0.15) is 22.0 Å². The highest BCUT2D eigenvalue weighted by Gasteiger charge is 2.27. The summed E-state index contributed by atoms with van der Waals surface area (Å²) < 4.78 is 29.1. The molecule has 3 aromatic rings. The molecule has 0 aromatic heterocycles. The molecule has 1 amide bonds. The standard InChI is InChI=1S/C23H20FNO5/c1-28-18-12-13-20(29-2)19(14-18)23(27)30-21(15-6-4-3-5-7-15)22(26)25-17-10-8-16(24)9-11-17/h3-14,21H,1-2H3,(H,25,26)/t21-/m1/s1. The number of hydrogen-bond acceptors (Lipinski definition) is 5.